The van der Waals surface area contributed by atoms with Gasteiger partial charge in [-0.25, -0.2) is 4.98 Å². The molecule has 0 aromatic carbocycles. The first-order chi connectivity index (χ1) is 10.3. The zero-order valence-corrected chi connectivity index (χ0v) is 13.1. The molecule has 2 atom stereocenters. The number of ether oxygens (including phenoxy) is 3. The molecule has 6 heteroatoms. The third-order valence-electron chi connectivity index (χ3n) is 3.70. The highest BCUT2D eigenvalue weighted by Crippen LogP contribution is 2.29. The normalized spacial score (nSPS) is 20.0. The summed E-state index contributed by atoms with van der Waals surface area (Å²) in [6.07, 6.45) is 6.28. The summed E-state index contributed by atoms with van der Waals surface area (Å²) in [7, 11) is 3.17. The molecular weight excluding hydrogens is 270 g/mol. The average Bonchev–Trinajstić information content (AvgIpc) is 2.55. The van der Waals surface area contributed by atoms with E-state index in [0.29, 0.717) is 11.8 Å². The van der Waals surface area contributed by atoms with E-state index in [2.05, 4.69) is 22.2 Å². The van der Waals surface area contributed by atoms with Gasteiger partial charge in [0.1, 0.15) is 5.69 Å². The SMILES string of the molecule is CCNC(CC1CCCCO1)c1ncc(OC)nc1OC. The Hall–Kier alpha value is -1.40. The van der Waals surface area contributed by atoms with Crippen LogP contribution >= 0.6 is 0 Å². The van der Waals surface area contributed by atoms with Crippen LogP contribution in [0.1, 0.15) is 44.3 Å². The minimum absolute atomic E-state index is 0.0754. The summed E-state index contributed by atoms with van der Waals surface area (Å²) < 4.78 is 16.3. The molecule has 1 N–H and O–H groups in total. The topological polar surface area (TPSA) is 65.5 Å². The second-order valence-electron chi connectivity index (χ2n) is 5.14. The first kappa shape index (κ1) is 16.0. The Balaban J connectivity index is 2.15. The molecule has 2 rings (SSSR count). The van der Waals surface area contributed by atoms with Gasteiger partial charge in [-0.05, 0) is 32.2 Å². The second-order valence-corrected chi connectivity index (χ2v) is 5.14. The number of hydrogen-bond acceptors (Lipinski definition) is 6. The molecule has 1 saturated heterocycles. The van der Waals surface area contributed by atoms with Crippen molar-refractivity contribution < 1.29 is 14.2 Å². The molecule has 0 aliphatic carbocycles. The summed E-state index contributed by atoms with van der Waals surface area (Å²) in [6, 6.07) is 0.0754. The molecule has 6 nitrogen and oxygen atoms in total. The van der Waals surface area contributed by atoms with E-state index in [1.807, 2.05) is 0 Å². The van der Waals surface area contributed by atoms with E-state index in [1.54, 1.807) is 20.4 Å². The van der Waals surface area contributed by atoms with Gasteiger partial charge < -0.3 is 19.5 Å². The average molecular weight is 295 g/mol. The highest BCUT2D eigenvalue weighted by atomic mass is 16.5. The molecule has 1 aliphatic rings. The van der Waals surface area contributed by atoms with Crippen LogP contribution in [0.2, 0.25) is 0 Å². The fraction of sp³-hybridized carbons (Fsp3) is 0.733. The maximum absolute atomic E-state index is 5.84. The van der Waals surface area contributed by atoms with Crippen LogP contribution in [-0.4, -0.2) is 43.4 Å². The van der Waals surface area contributed by atoms with Gasteiger partial charge in [-0.2, -0.15) is 4.98 Å². The molecule has 1 aromatic heterocycles. The Labute approximate surface area is 126 Å². The Bertz CT molecular complexity index is 436. The molecule has 1 fully saturated rings. The van der Waals surface area contributed by atoms with Crippen molar-refractivity contribution in [1.82, 2.24) is 15.3 Å². The van der Waals surface area contributed by atoms with Crippen molar-refractivity contribution in [2.75, 3.05) is 27.4 Å². The fourth-order valence-corrected chi connectivity index (χ4v) is 2.65. The largest absolute Gasteiger partial charge is 0.480 e. The van der Waals surface area contributed by atoms with E-state index in [9.17, 15) is 0 Å². The Morgan fingerprint density at radius 3 is 2.86 bits per heavy atom. The molecule has 1 aliphatic heterocycles. The zero-order valence-electron chi connectivity index (χ0n) is 13.1. The van der Waals surface area contributed by atoms with Gasteiger partial charge in [-0.1, -0.05) is 6.92 Å². The minimum Gasteiger partial charge on any atom is -0.480 e. The van der Waals surface area contributed by atoms with Crippen molar-refractivity contribution in [2.45, 2.75) is 44.8 Å². The van der Waals surface area contributed by atoms with Crippen LogP contribution in [0.3, 0.4) is 0 Å². The lowest BCUT2D eigenvalue weighted by Gasteiger charge is -2.27. The van der Waals surface area contributed by atoms with Crippen molar-refractivity contribution >= 4 is 0 Å². The third-order valence-corrected chi connectivity index (χ3v) is 3.70. The number of nitrogens with one attached hydrogen (secondary N) is 1. The summed E-state index contributed by atoms with van der Waals surface area (Å²) >= 11 is 0. The molecule has 2 unspecified atom stereocenters. The molecule has 21 heavy (non-hydrogen) atoms. The lowest BCUT2D eigenvalue weighted by Crippen LogP contribution is -2.29. The lowest BCUT2D eigenvalue weighted by atomic mass is 9.99. The minimum atomic E-state index is 0.0754. The van der Waals surface area contributed by atoms with Gasteiger partial charge >= 0.3 is 0 Å². The Kier molecular flexibility index (Phi) is 6.20. The van der Waals surface area contributed by atoms with Gasteiger partial charge in [0.05, 0.1) is 32.6 Å². The summed E-state index contributed by atoms with van der Waals surface area (Å²) in [5.41, 5.74) is 0.814. The van der Waals surface area contributed by atoms with E-state index in [-0.39, 0.29) is 12.1 Å². The molecular formula is C15H25N3O3. The first-order valence-electron chi connectivity index (χ1n) is 7.58. The smallest absolute Gasteiger partial charge is 0.240 e. The van der Waals surface area contributed by atoms with Crippen LogP contribution in [-0.2, 0) is 4.74 Å². The highest BCUT2D eigenvalue weighted by molar-refractivity contribution is 5.25. The number of hydrogen-bond donors (Lipinski definition) is 1. The van der Waals surface area contributed by atoms with Crippen LogP contribution in [0.4, 0.5) is 0 Å². The maximum atomic E-state index is 5.84. The van der Waals surface area contributed by atoms with E-state index >= 15 is 0 Å². The highest BCUT2D eigenvalue weighted by Gasteiger charge is 2.24. The zero-order chi connectivity index (χ0) is 15.1. The van der Waals surface area contributed by atoms with Crippen molar-refractivity contribution in [1.29, 1.82) is 0 Å². The quantitative estimate of drug-likeness (QED) is 0.831. The number of aromatic nitrogens is 2. The Morgan fingerprint density at radius 2 is 2.24 bits per heavy atom. The third kappa shape index (κ3) is 4.28. The van der Waals surface area contributed by atoms with Crippen LogP contribution in [0, 0.1) is 0 Å². The predicted octanol–water partition coefficient (Wildman–Crippen LogP) is 2.10. The van der Waals surface area contributed by atoms with E-state index in [0.717, 1.165) is 38.1 Å². The Morgan fingerprint density at radius 1 is 1.38 bits per heavy atom. The van der Waals surface area contributed by atoms with E-state index in [4.69, 9.17) is 14.2 Å². The number of nitrogens with zero attached hydrogens (tertiary/aromatic N) is 2. The lowest BCUT2D eigenvalue weighted by molar-refractivity contribution is 0.00471. The summed E-state index contributed by atoms with van der Waals surface area (Å²) in [6.45, 7) is 3.79. The number of methoxy groups -OCH3 is 2. The van der Waals surface area contributed by atoms with Gasteiger partial charge in [0.25, 0.3) is 0 Å². The van der Waals surface area contributed by atoms with Gasteiger partial charge in [0.2, 0.25) is 11.8 Å². The fourth-order valence-electron chi connectivity index (χ4n) is 2.65. The molecule has 0 radical (unpaired) electrons. The summed E-state index contributed by atoms with van der Waals surface area (Å²) in [4.78, 5) is 8.79. The van der Waals surface area contributed by atoms with E-state index in [1.165, 1.54) is 6.42 Å². The predicted molar refractivity (Wildman–Crippen MR) is 79.8 cm³/mol. The van der Waals surface area contributed by atoms with Gasteiger partial charge in [-0.3, -0.25) is 0 Å². The van der Waals surface area contributed by atoms with Gasteiger partial charge in [-0.15, -0.1) is 0 Å². The molecule has 2 heterocycles. The van der Waals surface area contributed by atoms with Crippen LogP contribution in [0.5, 0.6) is 11.8 Å². The standard InChI is InChI=1S/C15H25N3O3/c1-4-16-12(9-11-7-5-6-8-21-11)14-15(20-3)18-13(19-2)10-17-14/h10-12,16H,4-9H2,1-3H3. The maximum Gasteiger partial charge on any atom is 0.240 e. The molecule has 0 saturated carbocycles. The van der Waals surface area contributed by atoms with Crippen LogP contribution in [0.25, 0.3) is 0 Å². The molecule has 118 valence electrons. The van der Waals surface area contributed by atoms with Crippen molar-refractivity contribution in [3.05, 3.63) is 11.9 Å². The number of rotatable bonds is 7. The second kappa shape index (κ2) is 8.14. The van der Waals surface area contributed by atoms with Crippen molar-refractivity contribution in [2.24, 2.45) is 0 Å². The van der Waals surface area contributed by atoms with Crippen LogP contribution < -0.4 is 14.8 Å². The summed E-state index contributed by atoms with van der Waals surface area (Å²) in [5, 5.41) is 3.46. The van der Waals surface area contributed by atoms with Crippen LogP contribution in [0.15, 0.2) is 6.20 Å². The molecule has 0 spiro atoms. The molecule has 1 aromatic rings. The van der Waals surface area contributed by atoms with Gasteiger partial charge in [0.15, 0.2) is 0 Å². The monoisotopic (exact) mass is 295 g/mol. The molecule has 0 bridgehead atoms. The van der Waals surface area contributed by atoms with Crippen molar-refractivity contribution in [3.63, 3.8) is 0 Å². The summed E-state index contributed by atoms with van der Waals surface area (Å²) in [5.74, 6) is 0.968. The van der Waals surface area contributed by atoms with Crippen molar-refractivity contribution in [3.8, 4) is 11.8 Å². The van der Waals surface area contributed by atoms with Gasteiger partial charge in [0, 0.05) is 6.61 Å². The molecule has 0 amide bonds. The van der Waals surface area contributed by atoms with E-state index < -0.39 is 0 Å². The first-order valence-corrected chi connectivity index (χ1v) is 7.58.